The van der Waals surface area contributed by atoms with Crippen LogP contribution in [0, 0.1) is 23.7 Å². The molecule has 0 amide bonds. The van der Waals surface area contributed by atoms with Crippen molar-refractivity contribution in [1.29, 1.82) is 0 Å². The topological polar surface area (TPSA) is 12.0 Å². The summed E-state index contributed by atoms with van der Waals surface area (Å²) in [6, 6.07) is 0.816. The molecule has 2 aliphatic rings. The Labute approximate surface area is 95.0 Å². The summed E-state index contributed by atoms with van der Waals surface area (Å²) in [7, 11) is 2.16. The first-order valence-corrected chi connectivity index (χ1v) is 6.88. The van der Waals surface area contributed by atoms with Gasteiger partial charge in [-0.25, -0.2) is 0 Å². The van der Waals surface area contributed by atoms with Crippen LogP contribution in [0.4, 0.5) is 0 Å². The second kappa shape index (κ2) is 4.86. The molecular weight excluding hydrogens is 182 g/mol. The Hall–Kier alpha value is -0.0400. The Morgan fingerprint density at radius 3 is 2.27 bits per heavy atom. The number of nitrogens with one attached hydrogen (secondary N) is 1. The van der Waals surface area contributed by atoms with Gasteiger partial charge in [0.1, 0.15) is 0 Å². The average molecular weight is 209 g/mol. The lowest BCUT2D eigenvalue weighted by molar-refractivity contribution is 0.321. The summed E-state index contributed by atoms with van der Waals surface area (Å²) in [6.45, 7) is 4.66. The quantitative estimate of drug-likeness (QED) is 0.706. The fraction of sp³-hybridized carbons (Fsp3) is 1.00. The molecule has 0 bridgehead atoms. The third kappa shape index (κ3) is 2.96. The lowest BCUT2D eigenvalue weighted by Crippen LogP contribution is -2.32. The van der Waals surface area contributed by atoms with Crippen molar-refractivity contribution in [3.05, 3.63) is 0 Å². The molecule has 1 nitrogen and oxygen atoms in total. The summed E-state index contributed by atoms with van der Waals surface area (Å²) in [6.07, 6.45) is 8.82. The van der Waals surface area contributed by atoms with Gasteiger partial charge in [0.05, 0.1) is 0 Å². The molecule has 0 aromatic heterocycles. The van der Waals surface area contributed by atoms with Crippen LogP contribution in [0.15, 0.2) is 0 Å². The van der Waals surface area contributed by atoms with Crippen LogP contribution in [0.25, 0.3) is 0 Å². The molecule has 0 heterocycles. The number of rotatable bonds is 6. The van der Waals surface area contributed by atoms with Crippen molar-refractivity contribution >= 4 is 0 Å². The van der Waals surface area contributed by atoms with Crippen molar-refractivity contribution < 1.29 is 0 Å². The third-order valence-electron chi connectivity index (χ3n) is 4.52. The van der Waals surface area contributed by atoms with Gasteiger partial charge in [-0.05, 0) is 56.4 Å². The highest BCUT2D eigenvalue weighted by Gasteiger charge is 2.47. The van der Waals surface area contributed by atoms with Crippen LogP contribution in [0.1, 0.15) is 52.4 Å². The Balaban J connectivity index is 1.68. The number of hydrogen-bond acceptors (Lipinski definition) is 1. The van der Waals surface area contributed by atoms with Gasteiger partial charge in [0.2, 0.25) is 0 Å². The molecule has 0 aliphatic heterocycles. The summed E-state index contributed by atoms with van der Waals surface area (Å²) in [5.41, 5.74) is 0. The summed E-state index contributed by atoms with van der Waals surface area (Å²) < 4.78 is 0. The maximum atomic E-state index is 3.56. The summed E-state index contributed by atoms with van der Waals surface area (Å²) in [5, 5.41) is 3.56. The standard InChI is InChI=1S/C14H27N/c1-10(2)5-4-6-14(15-3)13-8-11-7-12(11)9-13/h10-15H,4-9H2,1-3H3. The first kappa shape index (κ1) is 11.4. The average Bonchev–Trinajstić information content (AvgIpc) is 2.80. The predicted octanol–water partition coefficient (Wildman–Crippen LogP) is 3.45. The van der Waals surface area contributed by atoms with Crippen molar-refractivity contribution in [2.75, 3.05) is 7.05 Å². The van der Waals surface area contributed by atoms with E-state index in [2.05, 4.69) is 26.2 Å². The minimum Gasteiger partial charge on any atom is -0.317 e. The highest BCUT2D eigenvalue weighted by atomic mass is 14.9. The van der Waals surface area contributed by atoms with E-state index in [9.17, 15) is 0 Å². The van der Waals surface area contributed by atoms with E-state index in [0.717, 1.165) is 29.7 Å². The molecule has 3 unspecified atom stereocenters. The fourth-order valence-corrected chi connectivity index (χ4v) is 3.45. The normalized spacial score (nSPS) is 35.6. The molecule has 0 radical (unpaired) electrons. The molecule has 3 atom stereocenters. The van der Waals surface area contributed by atoms with Gasteiger partial charge in [-0.3, -0.25) is 0 Å². The Bertz CT molecular complexity index is 190. The summed E-state index contributed by atoms with van der Waals surface area (Å²) in [5.74, 6) is 4.15. The maximum absolute atomic E-state index is 3.56. The number of fused-ring (bicyclic) bond motifs is 1. The van der Waals surface area contributed by atoms with E-state index >= 15 is 0 Å². The van der Waals surface area contributed by atoms with Gasteiger partial charge < -0.3 is 5.32 Å². The van der Waals surface area contributed by atoms with Crippen molar-refractivity contribution in [3.8, 4) is 0 Å². The van der Waals surface area contributed by atoms with E-state index in [1.54, 1.807) is 6.42 Å². The molecule has 1 N–H and O–H groups in total. The van der Waals surface area contributed by atoms with Crippen molar-refractivity contribution in [2.24, 2.45) is 23.7 Å². The molecule has 2 rings (SSSR count). The molecular formula is C14H27N. The van der Waals surface area contributed by atoms with Gasteiger partial charge in [0.25, 0.3) is 0 Å². The van der Waals surface area contributed by atoms with E-state index in [1.807, 2.05) is 0 Å². The maximum Gasteiger partial charge on any atom is 0.00925 e. The molecule has 15 heavy (non-hydrogen) atoms. The Kier molecular flexibility index (Phi) is 3.71. The first-order chi connectivity index (χ1) is 7.20. The van der Waals surface area contributed by atoms with E-state index in [4.69, 9.17) is 0 Å². The van der Waals surface area contributed by atoms with Crippen LogP contribution in [-0.4, -0.2) is 13.1 Å². The van der Waals surface area contributed by atoms with Crippen LogP contribution in [-0.2, 0) is 0 Å². The molecule has 0 aromatic rings. The van der Waals surface area contributed by atoms with Gasteiger partial charge in [-0.1, -0.05) is 26.7 Å². The zero-order valence-corrected chi connectivity index (χ0v) is 10.6. The second-order valence-corrected chi connectivity index (χ2v) is 6.21. The SMILES string of the molecule is CNC(CCCC(C)C)C1CC2CC2C1. The zero-order valence-electron chi connectivity index (χ0n) is 10.6. The van der Waals surface area contributed by atoms with E-state index < -0.39 is 0 Å². The minimum absolute atomic E-state index is 0.816. The highest BCUT2D eigenvalue weighted by Crippen LogP contribution is 2.55. The third-order valence-corrected chi connectivity index (χ3v) is 4.52. The molecule has 0 spiro atoms. The Morgan fingerprint density at radius 1 is 1.07 bits per heavy atom. The van der Waals surface area contributed by atoms with Crippen LogP contribution in [0.2, 0.25) is 0 Å². The molecule has 1 heteroatoms. The highest BCUT2D eigenvalue weighted by molar-refractivity contribution is 4.98. The van der Waals surface area contributed by atoms with E-state index in [-0.39, 0.29) is 0 Å². The smallest absolute Gasteiger partial charge is 0.00925 e. The molecule has 88 valence electrons. The van der Waals surface area contributed by atoms with Crippen molar-refractivity contribution in [2.45, 2.75) is 58.4 Å². The minimum atomic E-state index is 0.816. The molecule has 2 saturated carbocycles. The van der Waals surface area contributed by atoms with E-state index in [1.165, 1.54) is 32.1 Å². The molecule has 2 fully saturated rings. The van der Waals surface area contributed by atoms with Crippen LogP contribution in [0.3, 0.4) is 0 Å². The Morgan fingerprint density at radius 2 is 1.73 bits per heavy atom. The number of hydrogen-bond donors (Lipinski definition) is 1. The van der Waals surface area contributed by atoms with Crippen LogP contribution < -0.4 is 5.32 Å². The lowest BCUT2D eigenvalue weighted by Gasteiger charge is -2.24. The largest absolute Gasteiger partial charge is 0.317 e. The fourth-order valence-electron chi connectivity index (χ4n) is 3.45. The van der Waals surface area contributed by atoms with Gasteiger partial charge in [-0.2, -0.15) is 0 Å². The lowest BCUT2D eigenvalue weighted by atomic mass is 9.90. The summed E-state index contributed by atoms with van der Waals surface area (Å²) in [4.78, 5) is 0. The van der Waals surface area contributed by atoms with Crippen LogP contribution >= 0.6 is 0 Å². The van der Waals surface area contributed by atoms with Gasteiger partial charge in [0.15, 0.2) is 0 Å². The molecule has 0 saturated heterocycles. The predicted molar refractivity (Wildman–Crippen MR) is 65.9 cm³/mol. The zero-order chi connectivity index (χ0) is 10.8. The van der Waals surface area contributed by atoms with Crippen molar-refractivity contribution in [1.82, 2.24) is 5.32 Å². The van der Waals surface area contributed by atoms with Gasteiger partial charge in [0, 0.05) is 6.04 Å². The first-order valence-electron chi connectivity index (χ1n) is 6.88. The van der Waals surface area contributed by atoms with Gasteiger partial charge >= 0.3 is 0 Å². The second-order valence-electron chi connectivity index (χ2n) is 6.21. The van der Waals surface area contributed by atoms with Crippen LogP contribution in [0.5, 0.6) is 0 Å². The van der Waals surface area contributed by atoms with Crippen molar-refractivity contribution in [3.63, 3.8) is 0 Å². The molecule has 2 aliphatic carbocycles. The summed E-state index contributed by atoms with van der Waals surface area (Å²) >= 11 is 0. The monoisotopic (exact) mass is 209 g/mol. The molecule has 0 aromatic carbocycles. The van der Waals surface area contributed by atoms with Gasteiger partial charge in [-0.15, -0.1) is 0 Å². The van der Waals surface area contributed by atoms with E-state index in [0.29, 0.717) is 0 Å².